The average molecular weight is 531 g/mol. The standard InChI is InChI=1S/C27H35FN4O4S/c1-16-21(37-15-30-16)17-8-9-18(20(13-17)36-5)14-29-23(33)19-7-6-12-32(19)24(34)22(26(2,3)4)31-25(35)27(28)10-11-27/h8-9,13,15,19,22H,6-7,10-12,14H2,1-5H3,(H,29,33)(H,31,35)/t19-,22?/m0/s1. The molecule has 4 rings (SSSR count). The third-order valence-electron chi connectivity index (χ3n) is 7.07. The van der Waals surface area contributed by atoms with E-state index in [4.69, 9.17) is 4.74 Å². The van der Waals surface area contributed by atoms with Gasteiger partial charge in [0.1, 0.15) is 17.8 Å². The number of carbonyl (C=O) groups excluding carboxylic acids is 3. The molecule has 1 saturated carbocycles. The average Bonchev–Trinajstić information content (AvgIpc) is 3.22. The molecular formula is C27H35FN4O4S. The number of methoxy groups -OCH3 is 1. The van der Waals surface area contributed by atoms with Crippen molar-refractivity contribution in [2.45, 2.75) is 77.7 Å². The van der Waals surface area contributed by atoms with E-state index in [1.807, 2.05) is 45.9 Å². The highest BCUT2D eigenvalue weighted by Gasteiger charge is 2.53. The van der Waals surface area contributed by atoms with Crippen LogP contribution in [0.1, 0.15) is 57.7 Å². The maximum Gasteiger partial charge on any atom is 0.258 e. The third kappa shape index (κ3) is 5.79. The van der Waals surface area contributed by atoms with Gasteiger partial charge in [-0.1, -0.05) is 32.9 Å². The molecule has 37 heavy (non-hydrogen) atoms. The summed E-state index contributed by atoms with van der Waals surface area (Å²) in [6.07, 6.45) is 1.55. The number of hydrogen-bond donors (Lipinski definition) is 2. The first-order chi connectivity index (χ1) is 17.4. The van der Waals surface area contributed by atoms with E-state index >= 15 is 0 Å². The molecule has 1 aliphatic heterocycles. The quantitative estimate of drug-likeness (QED) is 0.541. The summed E-state index contributed by atoms with van der Waals surface area (Å²) < 4.78 is 19.9. The van der Waals surface area contributed by atoms with Crippen molar-refractivity contribution in [3.05, 3.63) is 35.0 Å². The highest BCUT2D eigenvalue weighted by molar-refractivity contribution is 7.13. The fraction of sp³-hybridized carbons (Fsp3) is 0.556. The molecule has 1 saturated heterocycles. The van der Waals surface area contributed by atoms with Gasteiger partial charge in [-0.15, -0.1) is 11.3 Å². The number of likely N-dealkylation sites (tertiary alicyclic amines) is 1. The van der Waals surface area contributed by atoms with E-state index in [9.17, 15) is 18.8 Å². The molecule has 200 valence electrons. The summed E-state index contributed by atoms with van der Waals surface area (Å²) in [4.78, 5) is 46.0. The summed E-state index contributed by atoms with van der Waals surface area (Å²) in [5, 5.41) is 5.58. The first-order valence-electron chi connectivity index (χ1n) is 12.6. The molecule has 2 atom stereocenters. The normalized spacial score (nSPS) is 19.3. The van der Waals surface area contributed by atoms with E-state index < -0.39 is 29.1 Å². The van der Waals surface area contributed by atoms with Crippen molar-refractivity contribution in [3.8, 4) is 16.2 Å². The van der Waals surface area contributed by atoms with Crippen molar-refractivity contribution in [2.24, 2.45) is 5.41 Å². The lowest BCUT2D eigenvalue weighted by Crippen LogP contribution is -2.58. The lowest BCUT2D eigenvalue weighted by atomic mass is 9.85. The van der Waals surface area contributed by atoms with Gasteiger partial charge in [0.25, 0.3) is 5.91 Å². The molecule has 1 aliphatic carbocycles. The summed E-state index contributed by atoms with van der Waals surface area (Å²) in [5.74, 6) is -0.714. The predicted octanol–water partition coefficient (Wildman–Crippen LogP) is 3.77. The minimum Gasteiger partial charge on any atom is -0.496 e. The number of alkyl halides is 1. The van der Waals surface area contributed by atoms with Crippen LogP contribution in [0, 0.1) is 12.3 Å². The van der Waals surface area contributed by atoms with Gasteiger partial charge in [0, 0.05) is 18.7 Å². The Balaban J connectivity index is 1.44. The maximum absolute atomic E-state index is 14.3. The van der Waals surface area contributed by atoms with Gasteiger partial charge in [0.2, 0.25) is 11.8 Å². The summed E-state index contributed by atoms with van der Waals surface area (Å²) in [6.45, 7) is 8.07. The fourth-order valence-electron chi connectivity index (χ4n) is 4.63. The molecule has 0 radical (unpaired) electrons. The molecular weight excluding hydrogens is 495 g/mol. The highest BCUT2D eigenvalue weighted by atomic mass is 32.1. The molecule has 10 heteroatoms. The van der Waals surface area contributed by atoms with Gasteiger partial charge in [-0.2, -0.15) is 0 Å². The number of amides is 3. The Kier molecular flexibility index (Phi) is 7.60. The van der Waals surface area contributed by atoms with E-state index in [1.54, 1.807) is 24.0 Å². The number of halogens is 1. The number of rotatable bonds is 8. The first kappa shape index (κ1) is 27.0. The molecule has 1 aromatic heterocycles. The van der Waals surface area contributed by atoms with Gasteiger partial charge in [0.15, 0.2) is 5.67 Å². The third-order valence-corrected chi connectivity index (χ3v) is 8.05. The lowest BCUT2D eigenvalue weighted by Gasteiger charge is -2.35. The van der Waals surface area contributed by atoms with Crippen molar-refractivity contribution >= 4 is 29.1 Å². The second-order valence-corrected chi connectivity index (χ2v) is 11.8. The lowest BCUT2D eigenvalue weighted by molar-refractivity contribution is -0.144. The molecule has 3 amide bonds. The Labute approximate surface area is 221 Å². The summed E-state index contributed by atoms with van der Waals surface area (Å²) in [7, 11) is 1.59. The number of nitrogens with zero attached hydrogens (tertiary/aromatic N) is 2. The van der Waals surface area contributed by atoms with Crippen molar-refractivity contribution in [1.82, 2.24) is 20.5 Å². The Bertz CT molecular complexity index is 1190. The van der Waals surface area contributed by atoms with E-state index in [1.165, 1.54) is 4.90 Å². The van der Waals surface area contributed by atoms with E-state index in [2.05, 4.69) is 15.6 Å². The molecule has 1 aromatic carbocycles. The van der Waals surface area contributed by atoms with Gasteiger partial charge in [0.05, 0.1) is 23.2 Å². The summed E-state index contributed by atoms with van der Waals surface area (Å²) in [6, 6.07) is 4.25. The number of ether oxygens (including phenoxy) is 1. The van der Waals surface area contributed by atoms with Gasteiger partial charge in [-0.25, -0.2) is 9.37 Å². The number of aryl methyl sites for hydroxylation is 1. The van der Waals surface area contributed by atoms with Crippen LogP contribution in [-0.2, 0) is 20.9 Å². The number of hydrogen-bond acceptors (Lipinski definition) is 6. The van der Waals surface area contributed by atoms with Crippen LogP contribution in [0.15, 0.2) is 23.7 Å². The van der Waals surface area contributed by atoms with Crippen molar-refractivity contribution in [2.75, 3.05) is 13.7 Å². The smallest absolute Gasteiger partial charge is 0.258 e. The van der Waals surface area contributed by atoms with Crippen molar-refractivity contribution in [3.63, 3.8) is 0 Å². The van der Waals surface area contributed by atoms with Crippen LogP contribution in [0.2, 0.25) is 0 Å². The fourth-order valence-corrected chi connectivity index (χ4v) is 5.43. The molecule has 8 nitrogen and oxygen atoms in total. The number of carbonyl (C=O) groups is 3. The molecule has 2 aliphatic rings. The Morgan fingerprint density at radius 2 is 2.03 bits per heavy atom. The predicted molar refractivity (Wildman–Crippen MR) is 140 cm³/mol. The van der Waals surface area contributed by atoms with Crippen LogP contribution in [0.5, 0.6) is 5.75 Å². The number of aromatic nitrogens is 1. The van der Waals surface area contributed by atoms with Crippen LogP contribution < -0.4 is 15.4 Å². The highest BCUT2D eigenvalue weighted by Crippen LogP contribution is 2.40. The topological polar surface area (TPSA) is 101 Å². The number of nitrogens with one attached hydrogen (secondary N) is 2. The van der Waals surface area contributed by atoms with Crippen LogP contribution in [0.3, 0.4) is 0 Å². The van der Waals surface area contributed by atoms with Crippen LogP contribution in [0.4, 0.5) is 4.39 Å². The molecule has 2 heterocycles. The second kappa shape index (κ2) is 10.4. The zero-order valence-corrected chi connectivity index (χ0v) is 22.8. The maximum atomic E-state index is 14.3. The van der Waals surface area contributed by atoms with E-state index in [-0.39, 0.29) is 31.2 Å². The minimum absolute atomic E-state index is 0.174. The molecule has 0 spiro atoms. The van der Waals surface area contributed by atoms with Crippen LogP contribution in [-0.4, -0.2) is 59.0 Å². The Morgan fingerprint density at radius 3 is 2.62 bits per heavy atom. The van der Waals surface area contributed by atoms with Crippen LogP contribution >= 0.6 is 11.3 Å². The van der Waals surface area contributed by atoms with Gasteiger partial charge in [-0.3, -0.25) is 14.4 Å². The zero-order valence-electron chi connectivity index (χ0n) is 22.0. The van der Waals surface area contributed by atoms with Crippen molar-refractivity contribution < 1.29 is 23.5 Å². The van der Waals surface area contributed by atoms with Gasteiger partial charge < -0.3 is 20.3 Å². The number of benzene rings is 1. The molecule has 2 N–H and O–H groups in total. The van der Waals surface area contributed by atoms with Gasteiger partial charge in [-0.05, 0) is 49.7 Å². The van der Waals surface area contributed by atoms with E-state index in [0.717, 1.165) is 21.7 Å². The van der Waals surface area contributed by atoms with Crippen LogP contribution in [0.25, 0.3) is 10.4 Å². The largest absolute Gasteiger partial charge is 0.496 e. The molecule has 2 fully saturated rings. The first-order valence-corrected chi connectivity index (χ1v) is 13.5. The van der Waals surface area contributed by atoms with Gasteiger partial charge >= 0.3 is 0 Å². The molecule has 0 bridgehead atoms. The SMILES string of the molecule is COc1cc(-c2scnc2C)ccc1CNC(=O)[C@@H]1CCCN1C(=O)C(NC(=O)C1(F)CC1)C(C)(C)C. The summed E-state index contributed by atoms with van der Waals surface area (Å²) >= 11 is 1.56. The molecule has 2 aromatic rings. The van der Waals surface area contributed by atoms with Crippen molar-refractivity contribution in [1.29, 1.82) is 0 Å². The number of thiazole rings is 1. The Morgan fingerprint density at radius 1 is 1.30 bits per heavy atom. The molecule has 1 unspecified atom stereocenters. The Hall–Kier alpha value is -3.01. The van der Waals surface area contributed by atoms with E-state index in [0.29, 0.717) is 25.1 Å². The summed E-state index contributed by atoms with van der Waals surface area (Å²) in [5.41, 5.74) is 2.04. The minimum atomic E-state index is -1.88. The monoisotopic (exact) mass is 530 g/mol. The zero-order chi connectivity index (χ0) is 27.0. The second-order valence-electron chi connectivity index (χ2n) is 10.9.